The van der Waals surface area contributed by atoms with Gasteiger partial charge in [0.1, 0.15) is 22.9 Å². The number of fused-ring (bicyclic) bond motifs is 3. The third-order valence-corrected chi connectivity index (χ3v) is 4.60. The summed E-state index contributed by atoms with van der Waals surface area (Å²) in [5, 5.41) is 0.994. The molecule has 0 amide bonds. The number of ether oxygens (including phenoxy) is 1. The zero-order valence-corrected chi connectivity index (χ0v) is 11.5. The molecule has 2 heterocycles. The van der Waals surface area contributed by atoms with E-state index in [1.165, 1.54) is 30.4 Å². The van der Waals surface area contributed by atoms with Crippen molar-refractivity contribution in [1.82, 2.24) is 9.97 Å². The van der Waals surface area contributed by atoms with E-state index in [0.29, 0.717) is 11.6 Å². The standard InChI is InChI=1S/C13H15N3O2S/c1-18-10(17)6-9-15-12(14)11-7-4-2-3-5-8(7)19-13(11)16-9/h2-6H2,1H3,(H2,14,15,16). The Labute approximate surface area is 114 Å². The first-order valence-corrected chi connectivity index (χ1v) is 7.14. The fourth-order valence-electron chi connectivity index (χ4n) is 2.51. The molecule has 5 nitrogen and oxygen atoms in total. The van der Waals surface area contributed by atoms with Gasteiger partial charge >= 0.3 is 5.97 Å². The molecule has 1 aliphatic carbocycles. The van der Waals surface area contributed by atoms with Crippen LogP contribution in [0.5, 0.6) is 0 Å². The fraction of sp³-hybridized carbons (Fsp3) is 0.462. The van der Waals surface area contributed by atoms with E-state index in [4.69, 9.17) is 5.73 Å². The Hall–Kier alpha value is -1.69. The van der Waals surface area contributed by atoms with Gasteiger partial charge in [-0.05, 0) is 31.2 Å². The highest BCUT2D eigenvalue weighted by Gasteiger charge is 2.20. The van der Waals surface area contributed by atoms with Crippen molar-refractivity contribution in [2.45, 2.75) is 32.1 Å². The second-order valence-electron chi connectivity index (χ2n) is 4.67. The van der Waals surface area contributed by atoms with E-state index in [1.807, 2.05) is 0 Å². The normalized spacial score (nSPS) is 14.4. The summed E-state index contributed by atoms with van der Waals surface area (Å²) in [4.78, 5) is 22.3. The van der Waals surface area contributed by atoms with Crippen LogP contribution in [0, 0.1) is 0 Å². The quantitative estimate of drug-likeness (QED) is 0.848. The summed E-state index contributed by atoms with van der Waals surface area (Å²) in [6.07, 6.45) is 4.64. The highest BCUT2D eigenvalue weighted by Crippen LogP contribution is 2.37. The van der Waals surface area contributed by atoms with Crippen molar-refractivity contribution >= 4 is 33.3 Å². The van der Waals surface area contributed by atoms with E-state index in [-0.39, 0.29) is 12.4 Å². The van der Waals surface area contributed by atoms with Crippen LogP contribution in [0.15, 0.2) is 0 Å². The predicted octanol–water partition coefficient (Wildman–Crippen LogP) is 1.87. The molecule has 1 aliphatic rings. The largest absolute Gasteiger partial charge is 0.469 e. The third-order valence-electron chi connectivity index (χ3n) is 3.42. The second kappa shape index (κ2) is 4.77. The van der Waals surface area contributed by atoms with Gasteiger partial charge in [-0.3, -0.25) is 4.79 Å². The van der Waals surface area contributed by atoms with Gasteiger partial charge in [0.05, 0.1) is 12.5 Å². The summed E-state index contributed by atoms with van der Waals surface area (Å²) in [6, 6.07) is 0. The van der Waals surface area contributed by atoms with E-state index in [9.17, 15) is 4.79 Å². The monoisotopic (exact) mass is 277 g/mol. The number of anilines is 1. The van der Waals surface area contributed by atoms with Gasteiger partial charge in [0, 0.05) is 4.88 Å². The highest BCUT2D eigenvalue weighted by atomic mass is 32.1. The number of methoxy groups -OCH3 is 1. The first-order chi connectivity index (χ1) is 9.19. The Balaban J connectivity index is 2.08. The van der Waals surface area contributed by atoms with Crippen LogP contribution in [0.3, 0.4) is 0 Å². The van der Waals surface area contributed by atoms with Crippen LogP contribution in [0.25, 0.3) is 10.2 Å². The molecular weight excluding hydrogens is 262 g/mol. The van der Waals surface area contributed by atoms with Gasteiger partial charge in [-0.2, -0.15) is 0 Å². The average molecular weight is 277 g/mol. The molecule has 0 unspecified atom stereocenters. The van der Waals surface area contributed by atoms with Crippen LogP contribution in [0.1, 0.15) is 29.1 Å². The Morgan fingerprint density at radius 3 is 2.95 bits per heavy atom. The fourth-order valence-corrected chi connectivity index (χ4v) is 3.80. The summed E-state index contributed by atoms with van der Waals surface area (Å²) < 4.78 is 4.63. The summed E-state index contributed by atoms with van der Waals surface area (Å²) in [6.45, 7) is 0. The zero-order chi connectivity index (χ0) is 13.4. The molecule has 0 atom stereocenters. The minimum atomic E-state index is -0.347. The number of hydrogen-bond donors (Lipinski definition) is 1. The van der Waals surface area contributed by atoms with Gasteiger partial charge in [-0.15, -0.1) is 11.3 Å². The molecule has 3 rings (SSSR count). The lowest BCUT2D eigenvalue weighted by atomic mass is 9.97. The molecular formula is C13H15N3O2S. The topological polar surface area (TPSA) is 78.1 Å². The molecule has 0 radical (unpaired) electrons. The Kier molecular flexibility index (Phi) is 3.10. The maximum absolute atomic E-state index is 11.3. The van der Waals surface area contributed by atoms with Crippen molar-refractivity contribution in [3.05, 3.63) is 16.3 Å². The van der Waals surface area contributed by atoms with E-state index in [2.05, 4.69) is 14.7 Å². The van der Waals surface area contributed by atoms with Crippen LogP contribution in [-0.4, -0.2) is 23.0 Å². The Morgan fingerprint density at radius 2 is 2.16 bits per heavy atom. The lowest BCUT2D eigenvalue weighted by Crippen LogP contribution is -2.09. The third kappa shape index (κ3) is 2.16. The number of nitrogens with two attached hydrogens (primary N) is 1. The summed E-state index contributed by atoms with van der Waals surface area (Å²) in [5.41, 5.74) is 7.36. The highest BCUT2D eigenvalue weighted by molar-refractivity contribution is 7.19. The number of aromatic nitrogens is 2. The molecule has 0 fully saturated rings. The molecule has 0 aliphatic heterocycles. The number of nitrogens with zero attached hydrogens (tertiary/aromatic N) is 2. The number of nitrogen functional groups attached to an aromatic ring is 1. The van der Waals surface area contributed by atoms with Crippen LogP contribution >= 0.6 is 11.3 Å². The Morgan fingerprint density at radius 1 is 1.37 bits per heavy atom. The van der Waals surface area contributed by atoms with Gasteiger partial charge in [0.2, 0.25) is 0 Å². The van der Waals surface area contributed by atoms with Crippen LogP contribution < -0.4 is 5.73 Å². The molecule has 2 aromatic rings. The molecule has 100 valence electrons. The average Bonchev–Trinajstić information content (AvgIpc) is 2.76. The van der Waals surface area contributed by atoms with Crippen LogP contribution in [0.2, 0.25) is 0 Å². The zero-order valence-electron chi connectivity index (χ0n) is 10.7. The number of thiophene rings is 1. The number of esters is 1. The number of carbonyl (C=O) groups is 1. The predicted molar refractivity (Wildman–Crippen MR) is 74.2 cm³/mol. The van der Waals surface area contributed by atoms with Crippen molar-refractivity contribution < 1.29 is 9.53 Å². The lowest BCUT2D eigenvalue weighted by molar-refractivity contribution is -0.139. The van der Waals surface area contributed by atoms with Crippen LogP contribution in [-0.2, 0) is 28.8 Å². The van der Waals surface area contributed by atoms with Gasteiger partial charge in [0.25, 0.3) is 0 Å². The van der Waals surface area contributed by atoms with Crippen molar-refractivity contribution in [2.24, 2.45) is 0 Å². The Bertz CT molecular complexity index is 651. The van der Waals surface area contributed by atoms with E-state index in [0.717, 1.165) is 23.1 Å². The van der Waals surface area contributed by atoms with Crippen molar-refractivity contribution in [2.75, 3.05) is 12.8 Å². The lowest BCUT2D eigenvalue weighted by Gasteiger charge is -2.10. The van der Waals surface area contributed by atoms with Gasteiger partial charge in [-0.25, -0.2) is 9.97 Å². The maximum Gasteiger partial charge on any atom is 0.313 e. The van der Waals surface area contributed by atoms with Gasteiger partial charge in [0.15, 0.2) is 0 Å². The van der Waals surface area contributed by atoms with E-state index in [1.54, 1.807) is 11.3 Å². The summed E-state index contributed by atoms with van der Waals surface area (Å²) >= 11 is 1.68. The minimum absolute atomic E-state index is 0.0687. The van der Waals surface area contributed by atoms with Crippen molar-refractivity contribution in [1.29, 1.82) is 0 Å². The SMILES string of the molecule is COC(=O)Cc1nc(N)c2c3c(sc2n1)CCCC3. The van der Waals surface area contributed by atoms with Crippen molar-refractivity contribution in [3.63, 3.8) is 0 Å². The molecule has 0 aromatic carbocycles. The smallest absolute Gasteiger partial charge is 0.313 e. The van der Waals surface area contributed by atoms with Crippen molar-refractivity contribution in [3.8, 4) is 0 Å². The number of carbonyl (C=O) groups excluding carboxylic acids is 1. The second-order valence-corrected chi connectivity index (χ2v) is 5.75. The van der Waals surface area contributed by atoms with Gasteiger partial charge < -0.3 is 10.5 Å². The number of rotatable bonds is 2. The van der Waals surface area contributed by atoms with E-state index < -0.39 is 0 Å². The minimum Gasteiger partial charge on any atom is -0.469 e. The molecule has 0 bridgehead atoms. The first-order valence-electron chi connectivity index (χ1n) is 6.32. The van der Waals surface area contributed by atoms with Crippen LogP contribution in [0.4, 0.5) is 5.82 Å². The first kappa shape index (κ1) is 12.3. The number of aryl methyl sites for hydroxylation is 2. The molecule has 0 spiro atoms. The van der Waals surface area contributed by atoms with E-state index >= 15 is 0 Å². The molecule has 6 heteroatoms. The van der Waals surface area contributed by atoms with Gasteiger partial charge in [-0.1, -0.05) is 0 Å². The summed E-state index contributed by atoms with van der Waals surface area (Å²) in [5.74, 6) is 0.582. The number of hydrogen-bond acceptors (Lipinski definition) is 6. The molecule has 0 saturated carbocycles. The summed E-state index contributed by atoms with van der Waals surface area (Å²) in [7, 11) is 1.36. The molecule has 19 heavy (non-hydrogen) atoms. The maximum atomic E-state index is 11.3. The molecule has 0 saturated heterocycles. The molecule has 2 aromatic heterocycles. The molecule has 2 N–H and O–H groups in total.